The summed E-state index contributed by atoms with van der Waals surface area (Å²) in [6, 6.07) is 11.3. The molecule has 3 aromatic rings. The number of pyridine rings is 1. The van der Waals surface area contributed by atoms with Crippen LogP contribution in [0.2, 0.25) is 0 Å². The minimum atomic E-state index is -5.34. The number of benzene rings is 2. The van der Waals surface area contributed by atoms with E-state index in [0.29, 0.717) is 5.75 Å². The Bertz CT molecular complexity index is 1580. The van der Waals surface area contributed by atoms with Crippen molar-refractivity contribution in [1.29, 1.82) is 0 Å². The quantitative estimate of drug-likeness (QED) is 0.203. The summed E-state index contributed by atoms with van der Waals surface area (Å²) in [4.78, 5) is 29.8. The first-order valence-corrected chi connectivity index (χ1v) is 14.6. The zero-order chi connectivity index (χ0) is 34.1. The van der Waals surface area contributed by atoms with E-state index in [1.54, 1.807) is 20.8 Å². The molecule has 1 aliphatic carbocycles. The number of hydrogen-bond acceptors (Lipinski definition) is 7. The van der Waals surface area contributed by atoms with Crippen molar-refractivity contribution in [3.8, 4) is 17.0 Å². The summed E-state index contributed by atoms with van der Waals surface area (Å²) in [5, 5.41) is 25.8. The average Bonchev–Trinajstić information content (AvgIpc) is 3.78. The van der Waals surface area contributed by atoms with Gasteiger partial charge in [0.1, 0.15) is 17.2 Å². The Kier molecular flexibility index (Phi) is 9.70. The molecular weight excluding hydrogens is 610 g/mol. The Morgan fingerprint density at radius 1 is 0.978 bits per heavy atom. The van der Waals surface area contributed by atoms with Gasteiger partial charge >= 0.3 is 12.3 Å². The zero-order valence-corrected chi connectivity index (χ0v) is 26.1. The van der Waals surface area contributed by atoms with Crippen LogP contribution in [-0.4, -0.2) is 51.6 Å². The van der Waals surface area contributed by atoms with Gasteiger partial charge in [-0.2, -0.15) is 13.2 Å². The number of hydrogen-bond donors (Lipinski definition) is 4. The molecule has 0 aliphatic heterocycles. The van der Waals surface area contributed by atoms with Crippen molar-refractivity contribution >= 4 is 12.0 Å². The fraction of sp³-hybridized carbons (Fsp3) is 0.424. The van der Waals surface area contributed by atoms with Crippen molar-refractivity contribution in [3.05, 3.63) is 82.8 Å². The van der Waals surface area contributed by atoms with Crippen molar-refractivity contribution < 1.29 is 46.8 Å². The molecule has 0 bridgehead atoms. The summed E-state index contributed by atoms with van der Waals surface area (Å²) in [6.45, 7) is 6.19. The maximum absolute atomic E-state index is 14.7. The lowest BCUT2D eigenvalue weighted by Crippen LogP contribution is -2.52. The fourth-order valence-corrected chi connectivity index (χ4v) is 4.47. The Labute approximate surface area is 263 Å². The molecule has 0 radical (unpaired) electrons. The maximum Gasteiger partial charge on any atom is 0.424 e. The van der Waals surface area contributed by atoms with Gasteiger partial charge in [0.25, 0.3) is 5.91 Å². The lowest BCUT2D eigenvalue weighted by Gasteiger charge is -2.33. The highest BCUT2D eigenvalue weighted by Crippen LogP contribution is 2.40. The van der Waals surface area contributed by atoms with E-state index in [1.807, 2.05) is 0 Å². The second kappa shape index (κ2) is 12.9. The molecule has 1 aliphatic rings. The number of alkyl carbamates (subject to hydrolysis) is 1. The van der Waals surface area contributed by atoms with Gasteiger partial charge in [0.15, 0.2) is 0 Å². The highest BCUT2D eigenvalue weighted by Gasteiger charge is 2.56. The van der Waals surface area contributed by atoms with Crippen molar-refractivity contribution in [2.24, 2.45) is 0 Å². The molecule has 9 nitrogen and oxygen atoms in total. The lowest BCUT2D eigenvalue weighted by molar-refractivity contribution is -0.265. The molecule has 1 fully saturated rings. The van der Waals surface area contributed by atoms with E-state index in [-0.39, 0.29) is 34.1 Å². The molecule has 2 aromatic carbocycles. The molecule has 0 spiro atoms. The van der Waals surface area contributed by atoms with E-state index in [4.69, 9.17) is 9.47 Å². The highest BCUT2D eigenvalue weighted by atomic mass is 19.4. The van der Waals surface area contributed by atoms with Gasteiger partial charge in [0.2, 0.25) is 5.60 Å². The number of carbonyl (C=O) groups excluding carboxylic acids is 2. The third kappa shape index (κ3) is 8.32. The van der Waals surface area contributed by atoms with E-state index in [0.717, 1.165) is 31.0 Å². The number of nitrogens with zero attached hydrogens (tertiary/aromatic N) is 1. The molecule has 1 atom stereocenters. The van der Waals surface area contributed by atoms with Crippen molar-refractivity contribution in [2.75, 3.05) is 6.54 Å². The van der Waals surface area contributed by atoms with Gasteiger partial charge in [-0.25, -0.2) is 14.2 Å². The molecule has 1 unspecified atom stereocenters. The highest BCUT2D eigenvalue weighted by molar-refractivity contribution is 5.94. The number of rotatable bonds is 10. The van der Waals surface area contributed by atoms with E-state index in [1.165, 1.54) is 50.2 Å². The normalized spacial score (nSPS) is 15.1. The van der Waals surface area contributed by atoms with Gasteiger partial charge in [-0.15, -0.1) is 0 Å². The number of nitrogens with one attached hydrogen (secondary N) is 2. The number of aliphatic hydroxyl groups is 2. The van der Waals surface area contributed by atoms with Crippen molar-refractivity contribution in [3.63, 3.8) is 0 Å². The molecule has 2 amide bonds. The van der Waals surface area contributed by atoms with Crippen molar-refractivity contribution in [1.82, 2.24) is 15.6 Å². The number of alkyl halides is 3. The van der Waals surface area contributed by atoms with Crippen LogP contribution in [0.25, 0.3) is 11.3 Å². The summed E-state index contributed by atoms with van der Waals surface area (Å²) in [7, 11) is 0. The second-order valence-corrected chi connectivity index (χ2v) is 12.7. The number of carbonyl (C=O) groups is 2. The first kappa shape index (κ1) is 34.6. The first-order valence-electron chi connectivity index (χ1n) is 14.6. The van der Waals surface area contributed by atoms with Crippen LogP contribution < -0.4 is 15.4 Å². The Morgan fingerprint density at radius 2 is 1.63 bits per heavy atom. The van der Waals surface area contributed by atoms with Crippen LogP contribution in [0.15, 0.2) is 54.6 Å². The van der Waals surface area contributed by atoms with Crippen LogP contribution in [0.4, 0.5) is 22.4 Å². The number of aliphatic hydroxyl groups excluding tert-OH is 1. The molecule has 1 aromatic heterocycles. The van der Waals surface area contributed by atoms with Gasteiger partial charge in [0, 0.05) is 16.7 Å². The Hall–Kier alpha value is -4.23. The maximum atomic E-state index is 14.7. The minimum absolute atomic E-state index is 0.0131. The molecule has 46 heavy (non-hydrogen) atoms. The van der Waals surface area contributed by atoms with E-state index in [2.05, 4.69) is 15.6 Å². The topological polar surface area (TPSA) is 130 Å². The van der Waals surface area contributed by atoms with Gasteiger partial charge in [-0.05, 0) is 108 Å². The third-order valence-corrected chi connectivity index (χ3v) is 7.21. The summed E-state index contributed by atoms with van der Waals surface area (Å²) in [6.07, 6.45) is -4.45. The monoisotopic (exact) mass is 647 g/mol. The summed E-state index contributed by atoms with van der Waals surface area (Å²) in [5.41, 5.74) is -6.29. The first-order chi connectivity index (χ1) is 21.3. The third-order valence-electron chi connectivity index (χ3n) is 7.21. The van der Waals surface area contributed by atoms with E-state index < -0.39 is 59.6 Å². The van der Waals surface area contributed by atoms with Crippen LogP contribution in [0, 0.1) is 5.82 Å². The van der Waals surface area contributed by atoms with Crippen LogP contribution in [0.1, 0.15) is 74.6 Å². The van der Waals surface area contributed by atoms with E-state index in [9.17, 15) is 37.4 Å². The number of aromatic nitrogens is 1. The molecular formula is C33H37F4N3O6. The fourth-order valence-electron chi connectivity index (χ4n) is 4.47. The molecule has 0 saturated heterocycles. The van der Waals surface area contributed by atoms with Gasteiger partial charge in [-0.1, -0.05) is 0 Å². The molecule has 4 N–H and O–H groups in total. The molecule has 13 heteroatoms. The smallest absolute Gasteiger partial charge is 0.424 e. The van der Waals surface area contributed by atoms with Crippen LogP contribution in [0.3, 0.4) is 0 Å². The van der Waals surface area contributed by atoms with Gasteiger partial charge < -0.3 is 30.3 Å². The lowest BCUT2D eigenvalue weighted by atomic mass is 9.88. The van der Waals surface area contributed by atoms with Crippen LogP contribution in [-0.2, 0) is 22.5 Å². The van der Waals surface area contributed by atoms with Crippen molar-refractivity contribution in [2.45, 2.75) is 83.1 Å². The van der Waals surface area contributed by atoms with Gasteiger partial charge in [0.05, 0.1) is 36.2 Å². The summed E-state index contributed by atoms with van der Waals surface area (Å²) in [5.74, 6) is -1.17. The predicted molar refractivity (Wildman–Crippen MR) is 160 cm³/mol. The summed E-state index contributed by atoms with van der Waals surface area (Å²) >= 11 is 0. The molecule has 1 heterocycles. The van der Waals surface area contributed by atoms with Gasteiger partial charge in [-0.3, -0.25) is 4.79 Å². The minimum Gasteiger partial charge on any atom is -0.490 e. The van der Waals surface area contributed by atoms with Crippen LogP contribution in [0.5, 0.6) is 5.75 Å². The zero-order valence-electron chi connectivity index (χ0n) is 26.1. The average molecular weight is 648 g/mol. The Morgan fingerprint density at radius 3 is 2.20 bits per heavy atom. The Balaban J connectivity index is 1.71. The molecule has 248 valence electrons. The SMILES string of the molecule is CC(C)(C)OC(=O)NC(C)(C)c1cc(-c2ccc(F)cc2)nc(C(O)(CNC(=O)c2ccc(OC3CC3)c(CO)c2)C(F)(F)F)c1. The second-order valence-electron chi connectivity index (χ2n) is 12.7. The number of halogens is 4. The predicted octanol–water partition coefficient (Wildman–Crippen LogP) is 5.86. The van der Waals surface area contributed by atoms with E-state index >= 15 is 0 Å². The number of ether oxygens (including phenoxy) is 2. The summed E-state index contributed by atoms with van der Waals surface area (Å²) < 4.78 is 68.9. The number of amides is 2. The molecule has 4 rings (SSSR count). The van der Waals surface area contributed by atoms with Crippen LogP contribution >= 0.6 is 0 Å². The molecule has 1 saturated carbocycles. The largest absolute Gasteiger partial charge is 0.490 e. The standard InChI is InChI=1S/C33H37F4N3O6/c1-30(2,3)46-29(43)40-31(4,5)22-15-25(19-6-9-23(34)10-7-19)39-27(16-22)32(44,33(35,36)37)18-38-28(42)20-8-13-26(21(14-20)17-41)45-24-11-12-24/h6-10,13-16,24,41,44H,11-12,17-18H2,1-5H3,(H,38,42)(H,40,43).